The van der Waals surface area contributed by atoms with Gasteiger partial charge in [-0.05, 0) is 55.6 Å². The standard InChI is InChI=1S/C19H23FN2OS.ClH/c1-3-10-22(16-8-9-21-12-16)19(23)18-11-17(13(2)24-18)14-4-6-15(20)7-5-14;/h4-7,11,16,21H,3,8-10,12H2,1-2H3;1H. The van der Waals surface area contributed by atoms with Gasteiger partial charge in [0.15, 0.2) is 0 Å². The van der Waals surface area contributed by atoms with E-state index in [0.29, 0.717) is 0 Å². The molecule has 1 amide bonds. The zero-order valence-corrected chi connectivity index (χ0v) is 16.2. The summed E-state index contributed by atoms with van der Waals surface area (Å²) >= 11 is 1.53. The van der Waals surface area contributed by atoms with E-state index in [4.69, 9.17) is 0 Å². The Morgan fingerprint density at radius 1 is 1.36 bits per heavy atom. The van der Waals surface area contributed by atoms with Crippen LogP contribution in [0.15, 0.2) is 30.3 Å². The highest BCUT2D eigenvalue weighted by Gasteiger charge is 2.28. The Kier molecular flexibility index (Phi) is 6.99. The third-order valence-electron chi connectivity index (χ3n) is 4.48. The minimum Gasteiger partial charge on any atom is -0.334 e. The van der Waals surface area contributed by atoms with Crippen molar-refractivity contribution in [3.05, 3.63) is 45.9 Å². The molecule has 2 aromatic rings. The summed E-state index contributed by atoms with van der Waals surface area (Å²) in [4.78, 5) is 16.9. The average Bonchev–Trinajstić information content (AvgIpc) is 3.23. The molecule has 1 aromatic carbocycles. The van der Waals surface area contributed by atoms with Crippen LogP contribution in [0, 0.1) is 12.7 Å². The first-order chi connectivity index (χ1) is 11.6. The summed E-state index contributed by atoms with van der Waals surface area (Å²) < 4.78 is 13.1. The fourth-order valence-corrected chi connectivity index (χ4v) is 4.24. The summed E-state index contributed by atoms with van der Waals surface area (Å²) in [5.74, 6) is -0.127. The second-order valence-corrected chi connectivity index (χ2v) is 7.49. The molecule has 1 fully saturated rings. The molecule has 1 aromatic heterocycles. The van der Waals surface area contributed by atoms with E-state index in [-0.39, 0.29) is 30.2 Å². The molecule has 1 saturated heterocycles. The van der Waals surface area contributed by atoms with Crippen molar-refractivity contribution in [1.29, 1.82) is 0 Å². The van der Waals surface area contributed by atoms with Crippen LogP contribution in [0.4, 0.5) is 4.39 Å². The molecule has 0 bridgehead atoms. The lowest BCUT2D eigenvalue weighted by Crippen LogP contribution is -2.41. The van der Waals surface area contributed by atoms with Crippen molar-refractivity contribution in [2.24, 2.45) is 0 Å². The molecule has 1 aliphatic rings. The number of aryl methyl sites for hydroxylation is 1. The Morgan fingerprint density at radius 2 is 2.08 bits per heavy atom. The molecular formula is C19H24ClFN2OS. The topological polar surface area (TPSA) is 32.3 Å². The molecule has 0 saturated carbocycles. The van der Waals surface area contributed by atoms with Crippen molar-refractivity contribution in [3.63, 3.8) is 0 Å². The first-order valence-electron chi connectivity index (χ1n) is 8.48. The number of nitrogens with one attached hydrogen (secondary N) is 1. The van der Waals surface area contributed by atoms with E-state index in [0.717, 1.165) is 53.4 Å². The molecule has 3 nitrogen and oxygen atoms in total. The zero-order valence-electron chi connectivity index (χ0n) is 14.5. The van der Waals surface area contributed by atoms with Gasteiger partial charge in [-0.3, -0.25) is 4.79 Å². The number of amides is 1. The molecule has 6 heteroatoms. The predicted molar refractivity (Wildman–Crippen MR) is 104 cm³/mol. The third kappa shape index (κ3) is 4.40. The van der Waals surface area contributed by atoms with Gasteiger partial charge in [0.25, 0.3) is 5.91 Å². The molecular weight excluding hydrogens is 359 g/mol. The van der Waals surface area contributed by atoms with Crippen LogP contribution in [0.3, 0.4) is 0 Å². The van der Waals surface area contributed by atoms with Crippen LogP contribution < -0.4 is 5.32 Å². The van der Waals surface area contributed by atoms with Crippen LogP contribution in [0.5, 0.6) is 0 Å². The maximum atomic E-state index is 13.1. The van der Waals surface area contributed by atoms with E-state index < -0.39 is 0 Å². The van der Waals surface area contributed by atoms with Gasteiger partial charge in [0.2, 0.25) is 0 Å². The molecule has 3 rings (SSSR count). The smallest absolute Gasteiger partial charge is 0.264 e. The maximum Gasteiger partial charge on any atom is 0.264 e. The van der Waals surface area contributed by atoms with E-state index >= 15 is 0 Å². The van der Waals surface area contributed by atoms with Gasteiger partial charge < -0.3 is 10.2 Å². The van der Waals surface area contributed by atoms with Crippen LogP contribution in [0.1, 0.15) is 34.3 Å². The van der Waals surface area contributed by atoms with Crippen LogP contribution in [-0.4, -0.2) is 36.5 Å². The molecule has 1 aliphatic heterocycles. The second-order valence-electron chi connectivity index (χ2n) is 6.23. The summed E-state index contributed by atoms with van der Waals surface area (Å²) in [6, 6.07) is 8.70. The number of carbonyl (C=O) groups excluding carboxylic acids is 1. The molecule has 0 radical (unpaired) electrons. The van der Waals surface area contributed by atoms with E-state index in [2.05, 4.69) is 12.2 Å². The van der Waals surface area contributed by atoms with Gasteiger partial charge in [-0.15, -0.1) is 23.7 Å². The fourth-order valence-electron chi connectivity index (χ4n) is 3.24. The molecule has 2 heterocycles. The van der Waals surface area contributed by atoms with Gasteiger partial charge in [0.05, 0.1) is 4.88 Å². The van der Waals surface area contributed by atoms with Crippen LogP contribution in [0.25, 0.3) is 11.1 Å². The Morgan fingerprint density at radius 3 is 2.68 bits per heavy atom. The molecule has 25 heavy (non-hydrogen) atoms. The first-order valence-corrected chi connectivity index (χ1v) is 9.30. The summed E-state index contributed by atoms with van der Waals surface area (Å²) in [5, 5.41) is 3.34. The Balaban J connectivity index is 0.00000225. The van der Waals surface area contributed by atoms with Crippen molar-refractivity contribution in [3.8, 4) is 11.1 Å². The summed E-state index contributed by atoms with van der Waals surface area (Å²) in [5.41, 5.74) is 1.97. The Bertz CT molecular complexity index is 711. The number of rotatable bonds is 5. The predicted octanol–water partition coefficient (Wildman–Crippen LogP) is 4.50. The van der Waals surface area contributed by atoms with Crippen molar-refractivity contribution in [2.75, 3.05) is 19.6 Å². The van der Waals surface area contributed by atoms with Gasteiger partial charge in [-0.25, -0.2) is 4.39 Å². The third-order valence-corrected chi connectivity index (χ3v) is 5.52. The van der Waals surface area contributed by atoms with E-state index in [1.165, 1.54) is 23.5 Å². The quantitative estimate of drug-likeness (QED) is 0.825. The number of thiophene rings is 1. The molecule has 0 spiro atoms. The molecule has 1 N–H and O–H groups in total. The minimum absolute atomic E-state index is 0. The van der Waals surface area contributed by atoms with Crippen LogP contribution >= 0.6 is 23.7 Å². The van der Waals surface area contributed by atoms with Gasteiger partial charge in [-0.1, -0.05) is 19.1 Å². The van der Waals surface area contributed by atoms with Crippen molar-refractivity contribution >= 4 is 29.7 Å². The normalized spacial score (nSPS) is 16.5. The fraction of sp³-hybridized carbons (Fsp3) is 0.421. The highest BCUT2D eigenvalue weighted by Crippen LogP contribution is 2.32. The lowest BCUT2D eigenvalue weighted by molar-refractivity contribution is 0.0697. The van der Waals surface area contributed by atoms with E-state index in [9.17, 15) is 9.18 Å². The number of hydrogen-bond donors (Lipinski definition) is 1. The van der Waals surface area contributed by atoms with Crippen molar-refractivity contribution < 1.29 is 9.18 Å². The summed E-state index contributed by atoms with van der Waals surface area (Å²) in [7, 11) is 0. The van der Waals surface area contributed by atoms with Crippen molar-refractivity contribution in [2.45, 2.75) is 32.7 Å². The van der Waals surface area contributed by atoms with Gasteiger partial charge >= 0.3 is 0 Å². The average molecular weight is 383 g/mol. The number of hydrogen-bond acceptors (Lipinski definition) is 3. The number of nitrogens with zero attached hydrogens (tertiary/aromatic N) is 1. The number of carbonyl (C=O) groups is 1. The highest BCUT2D eigenvalue weighted by molar-refractivity contribution is 7.14. The summed E-state index contributed by atoms with van der Waals surface area (Å²) in [6.07, 6.45) is 1.97. The minimum atomic E-state index is -0.245. The molecule has 136 valence electrons. The van der Waals surface area contributed by atoms with Crippen LogP contribution in [0.2, 0.25) is 0 Å². The Labute approximate surface area is 158 Å². The lowest BCUT2D eigenvalue weighted by atomic mass is 10.1. The Hall–Kier alpha value is -1.43. The number of benzene rings is 1. The van der Waals surface area contributed by atoms with E-state index in [1.54, 1.807) is 12.1 Å². The molecule has 1 unspecified atom stereocenters. The van der Waals surface area contributed by atoms with Gasteiger partial charge in [-0.2, -0.15) is 0 Å². The first kappa shape index (κ1) is 19.9. The molecule has 1 atom stereocenters. The maximum absolute atomic E-state index is 13.1. The molecule has 0 aliphatic carbocycles. The number of halogens is 2. The van der Waals surface area contributed by atoms with Crippen LogP contribution in [-0.2, 0) is 0 Å². The second kappa shape index (κ2) is 8.79. The largest absolute Gasteiger partial charge is 0.334 e. The SMILES string of the molecule is CCCN(C(=O)c1cc(-c2ccc(F)cc2)c(C)s1)C1CCNC1.Cl. The highest BCUT2D eigenvalue weighted by atomic mass is 35.5. The van der Waals surface area contributed by atoms with Gasteiger partial charge in [0, 0.05) is 24.0 Å². The van der Waals surface area contributed by atoms with E-state index in [1.807, 2.05) is 17.9 Å². The summed E-state index contributed by atoms with van der Waals surface area (Å²) in [6.45, 7) is 6.76. The zero-order chi connectivity index (χ0) is 17.1. The monoisotopic (exact) mass is 382 g/mol. The van der Waals surface area contributed by atoms with Gasteiger partial charge in [0.1, 0.15) is 5.82 Å². The van der Waals surface area contributed by atoms with Crippen molar-refractivity contribution in [1.82, 2.24) is 10.2 Å². The lowest BCUT2D eigenvalue weighted by Gasteiger charge is -2.27.